The maximum atomic E-state index is 10.4. The number of aromatic nitrogens is 2. The molecule has 2 rings (SSSR count). The highest BCUT2D eigenvalue weighted by molar-refractivity contribution is 5.82. The summed E-state index contributed by atoms with van der Waals surface area (Å²) in [6.07, 6.45) is 4.12. The molecule has 1 heterocycles. The molecule has 0 saturated heterocycles. The van der Waals surface area contributed by atoms with Crippen LogP contribution in [0.4, 0.5) is 10.5 Å². The number of nitrogens with zero attached hydrogens (tertiary/aromatic N) is 2. The Morgan fingerprint density at radius 2 is 2.07 bits per heavy atom. The quantitative estimate of drug-likeness (QED) is 0.784. The van der Waals surface area contributed by atoms with Gasteiger partial charge in [-0.15, -0.1) is 0 Å². The van der Waals surface area contributed by atoms with Crippen molar-refractivity contribution in [2.75, 3.05) is 5.32 Å². The van der Waals surface area contributed by atoms with Crippen LogP contribution in [0, 0.1) is 0 Å². The molecule has 1 aromatic carbocycles. The predicted octanol–water partition coefficient (Wildman–Crippen LogP) is 1.96. The second-order valence-electron chi connectivity index (χ2n) is 2.95. The maximum absolute atomic E-state index is 10.4. The fraction of sp³-hybridized carbons (Fsp3) is 0. The molecule has 0 spiro atoms. The molecule has 0 radical (unpaired) electrons. The average Bonchev–Trinajstić information content (AvgIpc) is 2.71. The van der Waals surface area contributed by atoms with Gasteiger partial charge in [0.15, 0.2) is 0 Å². The lowest BCUT2D eigenvalue weighted by Gasteiger charge is -2.03. The van der Waals surface area contributed by atoms with Crippen LogP contribution in [0.2, 0.25) is 0 Å². The molecule has 0 aliphatic rings. The van der Waals surface area contributed by atoms with Crippen molar-refractivity contribution < 1.29 is 9.90 Å². The lowest BCUT2D eigenvalue weighted by atomic mass is 10.3. The lowest BCUT2D eigenvalue weighted by molar-refractivity contribution is 0.210. The normalized spacial score (nSPS) is 9.87. The van der Waals surface area contributed by atoms with E-state index in [0.717, 1.165) is 5.69 Å². The molecule has 0 bridgehead atoms. The van der Waals surface area contributed by atoms with Crippen LogP contribution in [0.5, 0.6) is 0 Å². The molecule has 15 heavy (non-hydrogen) atoms. The first-order valence-electron chi connectivity index (χ1n) is 4.34. The minimum absolute atomic E-state index is 0.548. The predicted molar refractivity (Wildman–Crippen MR) is 55.2 cm³/mol. The Morgan fingerprint density at radius 1 is 1.33 bits per heavy atom. The summed E-state index contributed by atoms with van der Waals surface area (Å²) < 4.78 is 1.84. The number of carbonyl (C=O) groups is 1. The molecular weight excluding hydrogens is 194 g/mol. The van der Waals surface area contributed by atoms with E-state index in [4.69, 9.17) is 5.11 Å². The SMILES string of the molecule is O=C(O)Nc1ccc(-n2ccnc2)cc1. The summed E-state index contributed by atoms with van der Waals surface area (Å²) in [6, 6.07) is 7.02. The van der Waals surface area contributed by atoms with Gasteiger partial charge in [-0.25, -0.2) is 9.78 Å². The van der Waals surface area contributed by atoms with Gasteiger partial charge in [-0.3, -0.25) is 5.32 Å². The van der Waals surface area contributed by atoms with E-state index in [0.29, 0.717) is 5.69 Å². The topological polar surface area (TPSA) is 67.2 Å². The summed E-state index contributed by atoms with van der Waals surface area (Å²) in [4.78, 5) is 14.3. The van der Waals surface area contributed by atoms with Crippen molar-refractivity contribution in [2.24, 2.45) is 0 Å². The molecule has 1 aromatic heterocycles. The van der Waals surface area contributed by atoms with Crippen LogP contribution in [0.25, 0.3) is 5.69 Å². The van der Waals surface area contributed by atoms with E-state index in [1.54, 1.807) is 24.7 Å². The largest absolute Gasteiger partial charge is 0.465 e. The molecule has 0 aliphatic heterocycles. The summed E-state index contributed by atoms with van der Waals surface area (Å²) >= 11 is 0. The van der Waals surface area contributed by atoms with Crippen LogP contribution in [-0.4, -0.2) is 20.8 Å². The fourth-order valence-corrected chi connectivity index (χ4v) is 1.25. The van der Waals surface area contributed by atoms with Crippen LogP contribution >= 0.6 is 0 Å². The van der Waals surface area contributed by atoms with Crippen LogP contribution in [0.15, 0.2) is 43.0 Å². The Bertz CT molecular complexity index is 448. The Balaban J connectivity index is 2.21. The Labute approximate surface area is 86.0 Å². The van der Waals surface area contributed by atoms with Gasteiger partial charge < -0.3 is 9.67 Å². The first kappa shape index (κ1) is 9.26. The zero-order chi connectivity index (χ0) is 10.7. The maximum Gasteiger partial charge on any atom is 0.409 e. The second-order valence-corrected chi connectivity index (χ2v) is 2.95. The van der Waals surface area contributed by atoms with Gasteiger partial charge in [0.1, 0.15) is 0 Å². The number of benzene rings is 1. The van der Waals surface area contributed by atoms with Gasteiger partial charge in [0.2, 0.25) is 0 Å². The number of amides is 1. The summed E-state index contributed by atoms with van der Waals surface area (Å²) in [7, 11) is 0. The monoisotopic (exact) mass is 203 g/mol. The molecule has 2 aromatic rings. The molecule has 76 valence electrons. The van der Waals surface area contributed by atoms with E-state index in [-0.39, 0.29) is 0 Å². The highest BCUT2D eigenvalue weighted by atomic mass is 16.4. The van der Waals surface area contributed by atoms with Gasteiger partial charge in [-0.05, 0) is 24.3 Å². The van der Waals surface area contributed by atoms with Crippen LogP contribution in [0.3, 0.4) is 0 Å². The average molecular weight is 203 g/mol. The summed E-state index contributed by atoms with van der Waals surface area (Å²) in [5, 5.41) is 10.8. The third-order valence-corrected chi connectivity index (χ3v) is 1.92. The molecule has 2 N–H and O–H groups in total. The standard InChI is InChI=1S/C10H9N3O2/c14-10(15)12-8-1-3-9(4-2-8)13-6-5-11-7-13/h1-7,12H,(H,14,15). The molecule has 5 heteroatoms. The van der Waals surface area contributed by atoms with Crippen LogP contribution in [-0.2, 0) is 0 Å². The highest BCUT2D eigenvalue weighted by Gasteiger charge is 1.98. The van der Waals surface area contributed by atoms with Crippen LogP contribution in [0.1, 0.15) is 0 Å². The number of nitrogens with one attached hydrogen (secondary N) is 1. The van der Waals surface area contributed by atoms with Crippen molar-refractivity contribution >= 4 is 11.8 Å². The molecular formula is C10H9N3O2. The van der Waals surface area contributed by atoms with Gasteiger partial charge in [-0.1, -0.05) is 0 Å². The van der Waals surface area contributed by atoms with Crippen molar-refractivity contribution in [1.82, 2.24) is 9.55 Å². The number of carboxylic acid groups (broad SMARTS) is 1. The number of hydrogen-bond donors (Lipinski definition) is 2. The highest BCUT2D eigenvalue weighted by Crippen LogP contribution is 2.12. The molecule has 0 unspecified atom stereocenters. The molecule has 1 amide bonds. The molecule has 0 fully saturated rings. The van der Waals surface area contributed by atoms with Gasteiger partial charge in [0, 0.05) is 23.8 Å². The van der Waals surface area contributed by atoms with E-state index in [2.05, 4.69) is 10.3 Å². The molecule has 5 nitrogen and oxygen atoms in total. The van der Waals surface area contributed by atoms with Gasteiger partial charge in [0.25, 0.3) is 0 Å². The lowest BCUT2D eigenvalue weighted by Crippen LogP contribution is -2.06. The van der Waals surface area contributed by atoms with Gasteiger partial charge in [-0.2, -0.15) is 0 Å². The zero-order valence-corrected chi connectivity index (χ0v) is 7.79. The fourth-order valence-electron chi connectivity index (χ4n) is 1.25. The Hall–Kier alpha value is -2.30. The van der Waals surface area contributed by atoms with Crippen molar-refractivity contribution in [1.29, 1.82) is 0 Å². The Morgan fingerprint density at radius 3 is 2.60 bits per heavy atom. The summed E-state index contributed by atoms with van der Waals surface area (Å²) in [5.41, 5.74) is 1.48. The van der Waals surface area contributed by atoms with E-state index < -0.39 is 6.09 Å². The third kappa shape index (κ3) is 2.14. The second kappa shape index (κ2) is 3.83. The number of anilines is 1. The van der Waals surface area contributed by atoms with Crippen LogP contribution < -0.4 is 5.32 Å². The number of imidazole rings is 1. The number of hydrogen-bond acceptors (Lipinski definition) is 2. The van der Waals surface area contributed by atoms with Gasteiger partial charge in [0.05, 0.1) is 6.33 Å². The smallest absolute Gasteiger partial charge is 0.409 e. The van der Waals surface area contributed by atoms with Crippen molar-refractivity contribution in [3.05, 3.63) is 43.0 Å². The molecule has 0 aliphatic carbocycles. The first-order chi connectivity index (χ1) is 7.25. The van der Waals surface area contributed by atoms with Crippen molar-refractivity contribution in [3.63, 3.8) is 0 Å². The summed E-state index contributed by atoms with van der Waals surface area (Å²) in [5.74, 6) is 0. The minimum Gasteiger partial charge on any atom is -0.465 e. The van der Waals surface area contributed by atoms with Crippen molar-refractivity contribution in [3.8, 4) is 5.69 Å². The van der Waals surface area contributed by atoms with E-state index >= 15 is 0 Å². The van der Waals surface area contributed by atoms with Crippen molar-refractivity contribution in [2.45, 2.75) is 0 Å². The minimum atomic E-state index is -1.06. The zero-order valence-electron chi connectivity index (χ0n) is 7.79. The molecule has 0 atom stereocenters. The van der Waals surface area contributed by atoms with Gasteiger partial charge >= 0.3 is 6.09 Å². The van der Waals surface area contributed by atoms with E-state index in [9.17, 15) is 4.79 Å². The Kier molecular flexibility index (Phi) is 2.37. The first-order valence-corrected chi connectivity index (χ1v) is 4.34. The number of rotatable bonds is 2. The molecule has 0 saturated carbocycles. The van der Waals surface area contributed by atoms with E-state index in [1.165, 1.54) is 0 Å². The van der Waals surface area contributed by atoms with E-state index in [1.807, 2.05) is 22.9 Å². The third-order valence-electron chi connectivity index (χ3n) is 1.92. The summed E-state index contributed by atoms with van der Waals surface area (Å²) in [6.45, 7) is 0.